The lowest BCUT2D eigenvalue weighted by Gasteiger charge is -2.22. The Labute approximate surface area is 141 Å². The molecule has 2 fully saturated rings. The number of hydrogen-bond acceptors (Lipinski definition) is 3. The smallest absolute Gasteiger partial charge is 0.325 e. The van der Waals surface area contributed by atoms with Crippen LogP contribution in [-0.2, 0) is 15.1 Å². The maximum atomic E-state index is 12.8. The monoisotopic (exact) mass is 329 g/mol. The van der Waals surface area contributed by atoms with Crippen molar-refractivity contribution in [2.24, 2.45) is 0 Å². The molecule has 1 unspecified atom stereocenters. The first kappa shape index (κ1) is 16.5. The first-order valence-electron chi connectivity index (χ1n) is 8.41. The molecule has 1 aromatic rings. The van der Waals surface area contributed by atoms with Crippen molar-refractivity contribution in [1.82, 2.24) is 15.5 Å². The molecule has 1 aliphatic carbocycles. The molecule has 1 atom stereocenters. The second-order valence-electron chi connectivity index (χ2n) is 6.86. The van der Waals surface area contributed by atoms with Gasteiger partial charge in [-0.1, -0.05) is 42.7 Å². The summed E-state index contributed by atoms with van der Waals surface area (Å²) in [7, 11) is 0. The number of urea groups is 1. The van der Waals surface area contributed by atoms with Gasteiger partial charge >= 0.3 is 6.03 Å². The van der Waals surface area contributed by atoms with Crippen LogP contribution in [0.4, 0.5) is 4.79 Å². The van der Waals surface area contributed by atoms with Gasteiger partial charge in [-0.05, 0) is 32.3 Å². The molecule has 128 valence electrons. The summed E-state index contributed by atoms with van der Waals surface area (Å²) >= 11 is 0. The highest BCUT2D eigenvalue weighted by molar-refractivity contribution is 6.09. The normalized spacial score (nSPS) is 24.3. The van der Waals surface area contributed by atoms with Crippen LogP contribution in [0.2, 0.25) is 0 Å². The van der Waals surface area contributed by atoms with Gasteiger partial charge in [0.2, 0.25) is 5.91 Å². The third-order valence-corrected chi connectivity index (χ3v) is 4.93. The number of aryl methyl sites for hydroxylation is 1. The predicted octanol–water partition coefficient (Wildman–Crippen LogP) is 1.82. The van der Waals surface area contributed by atoms with Crippen LogP contribution in [0.15, 0.2) is 24.3 Å². The van der Waals surface area contributed by atoms with Crippen molar-refractivity contribution in [2.45, 2.75) is 51.1 Å². The number of carbonyl (C=O) groups is 3. The summed E-state index contributed by atoms with van der Waals surface area (Å²) in [6.07, 6.45) is 4.15. The van der Waals surface area contributed by atoms with E-state index in [4.69, 9.17) is 0 Å². The Balaban J connectivity index is 1.71. The zero-order valence-electron chi connectivity index (χ0n) is 14.1. The standard InChI is InChI=1S/C18H23N3O3/c1-12-7-9-13(10-8-12)18(2)16(23)21(17(24)20-18)11-15(22)19-14-5-3-4-6-14/h7-10,14H,3-6,11H2,1-2H3,(H,19,22)(H,20,24). The van der Waals surface area contributed by atoms with Crippen molar-refractivity contribution >= 4 is 17.8 Å². The molecule has 0 radical (unpaired) electrons. The van der Waals surface area contributed by atoms with Gasteiger partial charge in [-0.2, -0.15) is 0 Å². The number of nitrogens with zero attached hydrogens (tertiary/aromatic N) is 1. The molecular weight excluding hydrogens is 306 g/mol. The molecule has 2 N–H and O–H groups in total. The van der Waals surface area contributed by atoms with Gasteiger partial charge in [0.05, 0.1) is 0 Å². The zero-order valence-corrected chi connectivity index (χ0v) is 14.1. The van der Waals surface area contributed by atoms with E-state index in [-0.39, 0.29) is 18.5 Å². The van der Waals surface area contributed by atoms with Gasteiger partial charge in [0.25, 0.3) is 5.91 Å². The van der Waals surface area contributed by atoms with E-state index in [2.05, 4.69) is 10.6 Å². The molecule has 1 heterocycles. The van der Waals surface area contributed by atoms with E-state index in [0.29, 0.717) is 5.56 Å². The number of benzene rings is 1. The molecule has 2 aliphatic rings. The molecule has 1 saturated carbocycles. The van der Waals surface area contributed by atoms with Crippen molar-refractivity contribution in [3.63, 3.8) is 0 Å². The molecule has 4 amide bonds. The van der Waals surface area contributed by atoms with Crippen molar-refractivity contribution in [1.29, 1.82) is 0 Å². The molecule has 0 spiro atoms. The number of nitrogens with one attached hydrogen (secondary N) is 2. The Morgan fingerprint density at radius 3 is 2.50 bits per heavy atom. The van der Waals surface area contributed by atoms with E-state index in [9.17, 15) is 14.4 Å². The van der Waals surface area contributed by atoms with Gasteiger partial charge in [0, 0.05) is 6.04 Å². The second-order valence-corrected chi connectivity index (χ2v) is 6.86. The summed E-state index contributed by atoms with van der Waals surface area (Å²) in [5, 5.41) is 5.63. The fourth-order valence-corrected chi connectivity index (χ4v) is 3.41. The van der Waals surface area contributed by atoms with Crippen LogP contribution in [0.25, 0.3) is 0 Å². The van der Waals surface area contributed by atoms with Crippen LogP contribution in [0.3, 0.4) is 0 Å². The molecule has 24 heavy (non-hydrogen) atoms. The molecule has 3 rings (SSSR count). The maximum absolute atomic E-state index is 12.8. The summed E-state index contributed by atoms with van der Waals surface area (Å²) in [4.78, 5) is 38.1. The summed E-state index contributed by atoms with van der Waals surface area (Å²) < 4.78 is 0. The highest BCUT2D eigenvalue weighted by Gasteiger charge is 2.49. The molecule has 1 aromatic carbocycles. The van der Waals surface area contributed by atoms with Gasteiger partial charge in [0.1, 0.15) is 12.1 Å². The van der Waals surface area contributed by atoms with E-state index in [0.717, 1.165) is 36.1 Å². The number of imide groups is 1. The van der Waals surface area contributed by atoms with E-state index >= 15 is 0 Å². The Bertz CT molecular complexity index is 665. The largest absolute Gasteiger partial charge is 0.352 e. The predicted molar refractivity (Wildman–Crippen MR) is 89.2 cm³/mol. The molecule has 0 bridgehead atoms. The Kier molecular flexibility index (Phi) is 4.30. The average molecular weight is 329 g/mol. The van der Waals surface area contributed by atoms with E-state index in [1.165, 1.54) is 0 Å². The quantitative estimate of drug-likeness (QED) is 0.827. The molecule has 1 saturated heterocycles. The average Bonchev–Trinajstić information content (AvgIpc) is 3.11. The summed E-state index contributed by atoms with van der Waals surface area (Å²) in [5.74, 6) is -0.670. The minimum absolute atomic E-state index is 0.168. The minimum Gasteiger partial charge on any atom is -0.352 e. The maximum Gasteiger partial charge on any atom is 0.325 e. The molecule has 6 heteroatoms. The molecule has 0 aromatic heterocycles. The number of carbonyl (C=O) groups excluding carboxylic acids is 3. The lowest BCUT2D eigenvalue weighted by Crippen LogP contribution is -2.45. The second kappa shape index (κ2) is 6.26. The van der Waals surface area contributed by atoms with E-state index in [1.54, 1.807) is 6.92 Å². The molecule has 6 nitrogen and oxygen atoms in total. The fraction of sp³-hybridized carbons (Fsp3) is 0.500. The van der Waals surface area contributed by atoms with Crippen molar-refractivity contribution in [2.75, 3.05) is 6.54 Å². The Hall–Kier alpha value is -2.37. The SMILES string of the molecule is Cc1ccc(C2(C)NC(=O)N(CC(=O)NC3CCCC3)C2=O)cc1. The van der Waals surface area contributed by atoms with Crippen LogP contribution < -0.4 is 10.6 Å². The van der Waals surface area contributed by atoms with E-state index < -0.39 is 17.5 Å². The van der Waals surface area contributed by atoms with Gasteiger partial charge < -0.3 is 10.6 Å². The third-order valence-electron chi connectivity index (χ3n) is 4.93. The van der Waals surface area contributed by atoms with Crippen molar-refractivity contribution in [3.05, 3.63) is 35.4 Å². The van der Waals surface area contributed by atoms with Crippen LogP contribution in [0, 0.1) is 6.92 Å². The lowest BCUT2D eigenvalue weighted by atomic mass is 9.91. The highest BCUT2D eigenvalue weighted by Crippen LogP contribution is 2.29. The highest BCUT2D eigenvalue weighted by atomic mass is 16.2. The molecule has 1 aliphatic heterocycles. The van der Waals surface area contributed by atoms with Crippen LogP contribution >= 0.6 is 0 Å². The van der Waals surface area contributed by atoms with Gasteiger partial charge in [0.15, 0.2) is 0 Å². The van der Waals surface area contributed by atoms with Crippen LogP contribution in [0.1, 0.15) is 43.7 Å². The first-order valence-corrected chi connectivity index (χ1v) is 8.41. The topological polar surface area (TPSA) is 78.5 Å². The van der Waals surface area contributed by atoms with Gasteiger partial charge in [-0.25, -0.2) is 4.79 Å². The van der Waals surface area contributed by atoms with Gasteiger partial charge in [-0.15, -0.1) is 0 Å². The van der Waals surface area contributed by atoms with Crippen molar-refractivity contribution in [3.8, 4) is 0 Å². The fourth-order valence-electron chi connectivity index (χ4n) is 3.41. The first-order chi connectivity index (χ1) is 11.4. The number of hydrogen-bond donors (Lipinski definition) is 2. The number of amides is 4. The Morgan fingerprint density at radius 1 is 1.25 bits per heavy atom. The van der Waals surface area contributed by atoms with Crippen LogP contribution in [0.5, 0.6) is 0 Å². The summed E-state index contributed by atoms with van der Waals surface area (Å²) in [6, 6.07) is 7.10. The number of rotatable bonds is 4. The van der Waals surface area contributed by atoms with Crippen molar-refractivity contribution < 1.29 is 14.4 Å². The van der Waals surface area contributed by atoms with Gasteiger partial charge in [-0.3, -0.25) is 14.5 Å². The minimum atomic E-state index is -1.13. The zero-order chi connectivity index (χ0) is 17.3. The summed E-state index contributed by atoms with van der Waals surface area (Å²) in [5.41, 5.74) is 0.662. The summed E-state index contributed by atoms with van der Waals surface area (Å²) in [6.45, 7) is 3.40. The Morgan fingerprint density at radius 2 is 1.88 bits per heavy atom. The molecular formula is C18H23N3O3. The van der Waals surface area contributed by atoms with E-state index in [1.807, 2.05) is 31.2 Å². The van der Waals surface area contributed by atoms with Crippen LogP contribution in [-0.4, -0.2) is 35.3 Å². The third kappa shape index (κ3) is 3.00. The lowest BCUT2D eigenvalue weighted by molar-refractivity contribution is -0.135.